The minimum Gasteiger partial charge on any atom is -0.389 e. The maximum absolute atomic E-state index is 10.7. The van der Waals surface area contributed by atoms with Crippen LogP contribution < -0.4 is 5.32 Å². The highest BCUT2D eigenvalue weighted by Crippen LogP contribution is 2.24. The van der Waals surface area contributed by atoms with E-state index in [4.69, 9.17) is 0 Å². The van der Waals surface area contributed by atoms with Crippen LogP contribution in [0.25, 0.3) is 0 Å². The number of hydrogen-bond acceptors (Lipinski definition) is 3. The molecule has 4 heteroatoms. The monoisotopic (exact) mass is 265 g/mol. The third-order valence-corrected chi connectivity index (χ3v) is 4.25. The van der Waals surface area contributed by atoms with Gasteiger partial charge in [-0.1, -0.05) is 13.8 Å². The SMILES string of the molecule is CCC(CC)n1ccc(CC2(O)CCCNCC2)n1. The Morgan fingerprint density at radius 1 is 1.37 bits per heavy atom. The molecule has 0 aromatic carbocycles. The van der Waals surface area contributed by atoms with Crippen LogP contribution in [0.2, 0.25) is 0 Å². The molecule has 2 rings (SSSR count). The first-order chi connectivity index (χ1) is 9.17. The van der Waals surface area contributed by atoms with Crippen molar-refractivity contribution < 1.29 is 5.11 Å². The number of hydrogen-bond donors (Lipinski definition) is 2. The molecule has 0 radical (unpaired) electrons. The summed E-state index contributed by atoms with van der Waals surface area (Å²) in [4.78, 5) is 0. The summed E-state index contributed by atoms with van der Waals surface area (Å²) < 4.78 is 2.06. The molecule has 2 heterocycles. The lowest BCUT2D eigenvalue weighted by Crippen LogP contribution is -2.32. The molecule has 1 aliphatic heterocycles. The molecule has 0 spiro atoms. The molecule has 19 heavy (non-hydrogen) atoms. The van der Waals surface area contributed by atoms with Crippen molar-refractivity contribution in [2.75, 3.05) is 13.1 Å². The highest BCUT2D eigenvalue weighted by molar-refractivity contribution is 5.05. The molecule has 4 nitrogen and oxygen atoms in total. The predicted molar refractivity (Wildman–Crippen MR) is 77.2 cm³/mol. The van der Waals surface area contributed by atoms with E-state index in [0.717, 1.165) is 50.9 Å². The summed E-state index contributed by atoms with van der Waals surface area (Å²) in [6.07, 6.45) is 7.69. The Balaban J connectivity index is 2.02. The van der Waals surface area contributed by atoms with Gasteiger partial charge in [-0.15, -0.1) is 0 Å². The van der Waals surface area contributed by atoms with Gasteiger partial charge in [-0.3, -0.25) is 4.68 Å². The minimum absolute atomic E-state index is 0.485. The third kappa shape index (κ3) is 3.80. The first kappa shape index (κ1) is 14.5. The number of aromatic nitrogens is 2. The van der Waals surface area contributed by atoms with Crippen LogP contribution in [0, 0.1) is 0 Å². The fraction of sp³-hybridized carbons (Fsp3) is 0.800. The van der Waals surface area contributed by atoms with Crippen molar-refractivity contribution in [2.45, 2.75) is 64.0 Å². The fourth-order valence-corrected chi connectivity index (χ4v) is 2.97. The highest BCUT2D eigenvalue weighted by Gasteiger charge is 2.29. The van der Waals surface area contributed by atoms with Crippen LogP contribution in [0.3, 0.4) is 0 Å². The van der Waals surface area contributed by atoms with E-state index >= 15 is 0 Å². The fourth-order valence-electron chi connectivity index (χ4n) is 2.97. The molecule has 1 unspecified atom stereocenters. The summed E-state index contributed by atoms with van der Waals surface area (Å²) in [5.74, 6) is 0. The zero-order chi connectivity index (χ0) is 13.7. The van der Waals surface area contributed by atoms with Crippen LogP contribution >= 0.6 is 0 Å². The van der Waals surface area contributed by atoms with Crippen LogP contribution in [-0.2, 0) is 6.42 Å². The van der Waals surface area contributed by atoms with Crippen molar-refractivity contribution >= 4 is 0 Å². The number of rotatable bonds is 5. The molecule has 2 N–H and O–H groups in total. The quantitative estimate of drug-likeness (QED) is 0.859. The molecule has 0 aliphatic carbocycles. The lowest BCUT2D eigenvalue weighted by atomic mass is 9.90. The van der Waals surface area contributed by atoms with Crippen molar-refractivity contribution in [3.8, 4) is 0 Å². The molecule has 1 fully saturated rings. The summed E-state index contributed by atoms with van der Waals surface area (Å²) in [5, 5.41) is 18.7. The molecular weight excluding hydrogens is 238 g/mol. The maximum atomic E-state index is 10.7. The molecule has 0 saturated carbocycles. The highest BCUT2D eigenvalue weighted by atomic mass is 16.3. The second kappa shape index (κ2) is 6.53. The van der Waals surface area contributed by atoms with Crippen LogP contribution in [0.4, 0.5) is 0 Å². The smallest absolute Gasteiger partial charge is 0.0716 e. The predicted octanol–water partition coefficient (Wildman–Crippen LogP) is 2.29. The van der Waals surface area contributed by atoms with Gasteiger partial charge in [0.05, 0.1) is 17.3 Å². The summed E-state index contributed by atoms with van der Waals surface area (Å²) >= 11 is 0. The van der Waals surface area contributed by atoms with Gasteiger partial charge in [0, 0.05) is 12.6 Å². The van der Waals surface area contributed by atoms with Crippen LogP contribution in [0.1, 0.15) is 57.7 Å². The normalized spacial score (nSPS) is 24.6. The molecular formula is C15H27N3O. The Morgan fingerprint density at radius 2 is 2.16 bits per heavy atom. The van der Waals surface area contributed by atoms with Gasteiger partial charge >= 0.3 is 0 Å². The zero-order valence-corrected chi connectivity index (χ0v) is 12.2. The first-order valence-corrected chi connectivity index (χ1v) is 7.64. The van der Waals surface area contributed by atoms with Gasteiger partial charge in [-0.2, -0.15) is 5.10 Å². The van der Waals surface area contributed by atoms with E-state index in [1.165, 1.54) is 0 Å². The molecule has 1 atom stereocenters. The van der Waals surface area contributed by atoms with Crippen molar-refractivity contribution in [3.05, 3.63) is 18.0 Å². The molecule has 0 bridgehead atoms. The summed E-state index contributed by atoms with van der Waals surface area (Å²) in [6, 6.07) is 2.55. The summed E-state index contributed by atoms with van der Waals surface area (Å²) in [6.45, 7) is 6.31. The first-order valence-electron chi connectivity index (χ1n) is 7.64. The molecule has 0 amide bonds. The van der Waals surface area contributed by atoms with Gasteiger partial charge in [0.2, 0.25) is 0 Å². The Labute approximate surface area is 116 Å². The van der Waals surface area contributed by atoms with Gasteiger partial charge in [-0.05, 0) is 51.3 Å². The van der Waals surface area contributed by atoms with Gasteiger partial charge in [-0.25, -0.2) is 0 Å². The van der Waals surface area contributed by atoms with E-state index in [9.17, 15) is 5.11 Å². The molecule has 1 aromatic heterocycles. The zero-order valence-electron chi connectivity index (χ0n) is 12.2. The number of aliphatic hydroxyl groups is 1. The average molecular weight is 265 g/mol. The van der Waals surface area contributed by atoms with E-state index in [-0.39, 0.29) is 0 Å². The third-order valence-electron chi connectivity index (χ3n) is 4.25. The van der Waals surface area contributed by atoms with Gasteiger partial charge in [0.15, 0.2) is 0 Å². The lowest BCUT2D eigenvalue weighted by Gasteiger charge is -2.25. The molecule has 1 aliphatic rings. The van der Waals surface area contributed by atoms with E-state index < -0.39 is 5.60 Å². The van der Waals surface area contributed by atoms with E-state index in [2.05, 4.69) is 41.2 Å². The van der Waals surface area contributed by atoms with E-state index in [1.54, 1.807) is 0 Å². The van der Waals surface area contributed by atoms with Crippen molar-refractivity contribution in [2.24, 2.45) is 0 Å². The Kier molecular flexibility index (Phi) is 4.99. The lowest BCUT2D eigenvalue weighted by molar-refractivity contribution is 0.0274. The second-order valence-corrected chi connectivity index (χ2v) is 5.76. The summed E-state index contributed by atoms with van der Waals surface area (Å²) in [7, 11) is 0. The van der Waals surface area contributed by atoms with Crippen LogP contribution in [-0.4, -0.2) is 33.6 Å². The van der Waals surface area contributed by atoms with Gasteiger partial charge in [0.1, 0.15) is 0 Å². The van der Waals surface area contributed by atoms with Crippen LogP contribution in [0.15, 0.2) is 12.3 Å². The second-order valence-electron chi connectivity index (χ2n) is 5.76. The Hall–Kier alpha value is -0.870. The largest absolute Gasteiger partial charge is 0.389 e. The van der Waals surface area contributed by atoms with Crippen molar-refractivity contribution in [1.29, 1.82) is 0 Å². The topological polar surface area (TPSA) is 50.1 Å². The Morgan fingerprint density at radius 3 is 2.89 bits per heavy atom. The molecule has 108 valence electrons. The number of nitrogens with zero attached hydrogens (tertiary/aromatic N) is 2. The maximum Gasteiger partial charge on any atom is 0.0716 e. The van der Waals surface area contributed by atoms with Crippen LogP contribution in [0.5, 0.6) is 0 Å². The minimum atomic E-state index is -0.573. The van der Waals surface area contributed by atoms with Crippen molar-refractivity contribution in [1.82, 2.24) is 15.1 Å². The summed E-state index contributed by atoms with van der Waals surface area (Å²) in [5.41, 5.74) is 0.452. The molecule has 1 saturated heterocycles. The Bertz CT molecular complexity index is 376. The van der Waals surface area contributed by atoms with E-state index in [0.29, 0.717) is 12.5 Å². The standard InChI is InChI=1S/C15H27N3O/c1-3-14(4-2)18-11-6-13(17-18)12-15(19)7-5-9-16-10-8-15/h6,11,14,16,19H,3-5,7-10,12H2,1-2H3. The van der Waals surface area contributed by atoms with E-state index in [1.807, 2.05) is 0 Å². The number of nitrogens with one attached hydrogen (secondary N) is 1. The molecule has 1 aromatic rings. The average Bonchev–Trinajstić information content (AvgIpc) is 2.72. The van der Waals surface area contributed by atoms with Gasteiger partial charge < -0.3 is 10.4 Å². The van der Waals surface area contributed by atoms with Gasteiger partial charge in [0.25, 0.3) is 0 Å². The van der Waals surface area contributed by atoms with Crippen molar-refractivity contribution in [3.63, 3.8) is 0 Å².